The van der Waals surface area contributed by atoms with Crippen LogP contribution in [0.25, 0.3) is 0 Å². The van der Waals surface area contributed by atoms with Gasteiger partial charge in [-0.2, -0.15) is 0 Å². The summed E-state index contributed by atoms with van der Waals surface area (Å²) in [5.41, 5.74) is 0. The van der Waals surface area contributed by atoms with E-state index in [1.807, 2.05) is 0 Å². The molecule has 0 spiro atoms. The molecule has 2 rings (SSSR count). The molecule has 0 bridgehead atoms. The van der Waals surface area contributed by atoms with Gasteiger partial charge in [-0.3, -0.25) is 4.90 Å². The van der Waals surface area contributed by atoms with Gasteiger partial charge in [0.15, 0.2) is 0 Å². The summed E-state index contributed by atoms with van der Waals surface area (Å²) in [6.45, 7) is 11.0. The SMILES string of the molecule is CC(C)C1CCCC(NCC(C)N2CCCC2)C1. The topological polar surface area (TPSA) is 15.3 Å². The lowest BCUT2D eigenvalue weighted by Gasteiger charge is -2.34. The minimum absolute atomic E-state index is 0.729. The highest BCUT2D eigenvalue weighted by Gasteiger charge is 2.25. The molecule has 0 radical (unpaired) electrons. The van der Waals surface area contributed by atoms with Crippen molar-refractivity contribution in [1.29, 1.82) is 0 Å². The molecule has 0 aromatic rings. The molecule has 2 fully saturated rings. The van der Waals surface area contributed by atoms with Gasteiger partial charge < -0.3 is 5.32 Å². The van der Waals surface area contributed by atoms with E-state index in [9.17, 15) is 0 Å². The van der Waals surface area contributed by atoms with E-state index in [4.69, 9.17) is 0 Å². The Morgan fingerprint density at radius 2 is 1.78 bits per heavy atom. The molecule has 3 unspecified atom stereocenters. The zero-order chi connectivity index (χ0) is 13.0. The number of likely N-dealkylation sites (tertiary alicyclic amines) is 1. The van der Waals surface area contributed by atoms with Crippen LogP contribution in [0.3, 0.4) is 0 Å². The fourth-order valence-corrected chi connectivity index (χ4v) is 3.67. The molecule has 18 heavy (non-hydrogen) atoms. The smallest absolute Gasteiger partial charge is 0.0192 e. The molecule has 1 aliphatic carbocycles. The lowest BCUT2D eigenvalue weighted by Crippen LogP contribution is -2.44. The molecule has 2 heteroatoms. The van der Waals surface area contributed by atoms with Crippen LogP contribution >= 0.6 is 0 Å². The lowest BCUT2D eigenvalue weighted by molar-refractivity contribution is 0.205. The predicted octanol–water partition coefficient (Wildman–Crippen LogP) is 3.28. The molecule has 2 aliphatic rings. The second-order valence-electron chi connectivity index (χ2n) is 6.87. The van der Waals surface area contributed by atoms with Gasteiger partial charge in [0.05, 0.1) is 0 Å². The summed E-state index contributed by atoms with van der Waals surface area (Å²) in [6, 6.07) is 1.52. The van der Waals surface area contributed by atoms with Gasteiger partial charge in [-0.05, 0) is 57.5 Å². The minimum Gasteiger partial charge on any atom is -0.312 e. The average molecular weight is 252 g/mol. The van der Waals surface area contributed by atoms with E-state index in [2.05, 4.69) is 31.0 Å². The largest absolute Gasteiger partial charge is 0.312 e. The van der Waals surface area contributed by atoms with Gasteiger partial charge >= 0.3 is 0 Å². The van der Waals surface area contributed by atoms with Crippen LogP contribution in [-0.2, 0) is 0 Å². The molecule has 0 amide bonds. The Bertz CT molecular complexity index is 233. The third kappa shape index (κ3) is 3.96. The van der Waals surface area contributed by atoms with Crippen LogP contribution in [0.4, 0.5) is 0 Å². The van der Waals surface area contributed by atoms with E-state index in [0.717, 1.165) is 23.9 Å². The minimum atomic E-state index is 0.729. The van der Waals surface area contributed by atoms with E-state index >= 15 is 0 Å². The van der Waals surface area contributed by atoms with Crippen LogP contribution in [0, 0.1) is 11.8 Å². The first-order chi connectivity index (χ1) is 8.66. The van der Waals surface area contributed by atoms with Gasteiger partial charge in [0.25, 0.3) is 0 Å². The first kappa shape index (κ1) is 14.3. The van der Waals surface area contributed by atoms with Gasteiger partial charge in [0, 0.05) is 18.6 Å². The summed E-state index contributed by atoms with van der Waals surface area (Å²) in [5.74, 6) is 1.82. The van der Waals surface area contributed by atoms with Gasteiger partial charge in [-0.25, -0.2) is 0 Å². The van der Waals surface area contributed by atoms with Crippen molar-refractivity contribution in [1.82, 2.24) is 10.2 Å². The zero-order valence-corrected chi connectivity index (χ0v) is 12.6. The highest BCUT2D eigenvalue weighted by Crippen LogP contribution is 2.29. The molecule has 1 saturated carbocycles. The summed E-state index contributed by atoms with van der Waals surface area (Å²) in [4.78, 5) is 2.65. The average Bonchev–Trinajstić information content (AvgIpc) is 2.90. The van der Waals surface area contributed by atoms with Crippen LogP contribution in [0.5, 0.6) is 0 Å². The molecule has 1 heterocycles. The number of rotatable bonds is 5. The molecular formula is C16H32N2. The molecule has 1 N–H and O–H groups in total. The Morgan fingerprint density at radius 1 is 1.06 bits per heavy atom. The first-order valence-corrected chi connectivity index (χ1v) is 8.14. The molecule has 3 atom stereocenters. The summed E-state index contributed by atoms with van der Waals surface area (Å²) >= 11 is 0. The van der Waals surface area contributed by atoms with Crippen molar-refractivity contribution in [2.45, 2.75) is 71.4 Å². The first-order valence-electron chi connectivity index (χ1n) is 8.14. The Hall–Kier alpha value is -0.0800. The number of nitrogens with one attached hydrogen (secondary N) is 1. The summed E-state index contributed by atoms with van der Waals surface area (Å²) in [7, 11) is 0. The monoisotopic (exact) mass is 252 g/mol. The van der Waals surface area contributed by atoms with Gasteiger partial charge in [-0.1, -0.05) is 26.7 Å². The van der Waals surface area contributed by atoms with Gasteiger partial charge in [0.1, 0.15) is 0 Å². The highest BCUT2D eigenvalue weighted by atomic mass is 15.2. The molecule has 0 aromatic heterocycles. The standard InChI is InChI=1S/C16H32N2/c1-13(2)15-7-6-8-16(11-15)17-12-14(3)18-9-4-5-10-18/h13-17H,4-12H2,1-3H3. The van der Waals surface area contributed by atoms with Crippen molar-refractivity contribution >= 4 is 0 Å². The predicted molar refractivity (Wildman–Crippen MR) is 78.9 cm³/mol. The summed E-state index contributed by atoms with van der Waals surface area (Å²) in [5, 5.41) is 3.84. The molecular weight excluding hydrogens is 220 g/mol. The van der Waals surface area contributed by atoms with Crippen molar-refractivity contribution in [3.05, 3.63) is 0 Å². The van der Waals surface area contributed by atoms with E-state index < -0.39 is 0 Å². The van der Waals surface area contributed by atoms with Gasteiger partial charge in [0.2, 0.25) is 0 Å². The molecule has 1 saturated heterocycles. The van der Waals surface area contributed by atoms with Crippen molar-refractivity contribution < 1.29 is 0 Å². The quantitative estimate of drug-likeness (QED) is 0.808. The van der Waals surface area contributed by atoms with E-state index in [-0.39, 0.29) is 0 Å². The zero-order valence-electron chi connectivity index (χ0n) is 12.6. The fraction of sp³-hybridized carbons (Fsp3) is 1.00. The van der Waals surface area contributed by atoms with Crippen molar-refractivity contribution in [2.24, 2.45) is 11.8 Å². The fourth-order valence-electron chi connectivity index (χ4n) is 3.67. The van der Waals surface area contributed by atoms with Crippen LogP contribution in [0.2, 0.25) is 0 Å². The van der Waals surface area contributed by atoms with Gasteiger partial charge in [-0.15, -0.1) is 0 Å². The Morgan fingerprint density at radius 3 is 2.44 bits per heavy atom. The summed E-state index contributed by atoms with van der Waals surface area (Å²) < 4.78 is 0. The molecule has 106 valence electrons. The third-order valence-corrected chi connectivity index (χ3v) is 5.12. The molecule has 2 nitrogen and oxygen atoms in total. The normalized spacial score (nSPS) is 32.0. The Balaban J connectivity index is 1.69. The Kier molecular flexibility index (Phi) is 5.50. The Labute approximate surface area is 114 Å². The molecule has 0 aromatic carbocycles. The lowest BCUT2D eigenvalue weighted by atomic mass is 9.79. The third-order valence-electron chi connectivity index (χ3n) is 5.12. The number of hydrogen-bond acceptors (Lipinski definition) is 2. The molecule has 1 aliphatic heterocycles. The van der Waals surface area contributed by atoms with Crippen molar-refractivity contribution in [3.8, 4) is 0 Å². The van der Waals surface area contributed by atoms with E-state index in [1.54, 1.807) is 0 Å². The second-order valence-corrected chi connectivity index (χ2v) is 6.87. The summed E-state index contributed by atoms with van der Waals surface area (Å²) in [6.07, 6.45) is 8.50. The van der Waals surface area contributed by atoms with Crippen LogP contribution < -0.4 is 5.32 Å². The maximum atomic E-state index is 3.84. The number of nitrogens with zero attached hydrogens (tertiary/aromatic N) is 1. The van der Waals surface area contributed by atoms with Crippen LogP contribution in [0.1, 0.15) is 59.3 Å². The van der Waals surface area contributed by atoms with Crippen LogP contribution in [0.15, 0.2) is 0 Å². The van der Waals surface area contributed by atoms with Crippen LogP contribution in [-0.4, -0.2) is 36.6 Å². The van der Waals surface area contributed by atoms with E-state index in [0.29, 0.717) is 0 Å². The van der Waals surface area contributed by atoms with Crippen molar-refractivity contribution in [3.63, 3.8) is 0 Å². The maximum absolute atomic E-state index is 3.84. The number of hydrogen-bond donors (Lipinski definition) is 1. The maximum Gasteiger partial charge on any atom is 0.0192 e. The highest BCUT2D eigenvalue weighted by molar-refractivity contribution is 4.82. The second kappa shape index (κ2) is 6.91. The van der Waals surface area contributed by atoms with Crippen molar-refractivity contribution in [2.75, 3.05) is 19.6 Å². The van der Waals surface area contributed by atoms with E-state index in [1.165, 1.54) is 58.2 Å².